The minimum absolute atomic E-state index is 0.122. The molecule has 12 heteroatoms. The van der Waals surface area contributed by atoms with Gasteiger partial charge in [-0.25, -0.2) is 14.5 Å². The Morgan fingerprint density at radius 2 is 1.89 bits per heavy atom. The van der Waals surface area contributed by atoms with E-state index in [4.69, 9.17) is 15.3 Å². The van der Waals surface area contributed by atoms with E-state index in [0.29, 0.717) is 23.2 Å². The lowest BCUT2D eigenvalue weighted by Crippen LogP contribution is -2.39. The number of carbonyl (C=O) groups is 4. The summed E-state index contributed by atoms with van der Waals surface area (Å²) in [6.07, 6.45) is 2.94. The summed E-state index contributed by atoms with van der Waals surface area (Å²) in [5.74, 6) is -1.98. The number of benzene rings is 1. The summed E-state index contributed by atoms with van der Waals surface area (Å²) in [5, 5.41) is 23.3. The Hall–Kier alpha value is -4.19. The molecule has 198 valence electrons. The van der Waals surface area contributed by atoms with Gasteiger partial charge >= 0.3 is 12.1 Å². The van der Waals surface area contributed by atoms with Crippen LogP contribution in [-0.2, 0) is 14.3 Å². The molecule has 2 aromatic rings. The summed E-state index contributed by atoms with van der Waals surface area (Å²) < 4.78 is 9.67. The van der Waals surface area contributed by atoms with E-state index >= 15 is 0 Å². The van der Waals surface area contributed by atoms with Crippen molar-refractivity contribution >= 4 is 35.4 Å². The number of rotatable bonds is 10. The van der Waals surface area contributed by atoms with Crippen LogP contribution in [0.1, 0.15) is 63.7 Å². The van der Waals surface area contributed by atoms with Gasteiger partial charge in [-0.3, -0.25) is 15.0 Å². The molecule has 1 aromatic carbocycles. The van der Waals surface area contributed by atoms with Crippen molar-refractivity contribution < 1.29 is 33.8 Å². The molecular weight excluding hydrogens is 482 g/mol. The van der Waals surface area contributed by atoms with Crippen molar-refractivity contribution in [3.8, 4) is 0 Å². The lowest BCUT2D eigenvalue weighted by molar-refractivity contribution is -0.154. The minimum Gasteiger partial charge on any atom is -0.426 e. The van der Waals surface area contributed by atoms with Crippen molar-refractivity contribution in [1.29, 1.82) is 5.41 Å². The average Bonchev–Trinajstić information content (AvgIpc) is 3.61. The first-order chi connectivity index (χ1) is 17.7. The maximum Gasteiger partial charge on any atom is 0.423 e. The number of nitrogens with one attached hydrogen (secondary N) is 4. The lowest BCUT2D eigenvalue weighted by atomic mass is 10.1. The molecule has 0 spiro atoms. The number of aromatic amines is 1. The molecule has 1 fully saturated rings. The molecule has 0 radical (unpaired) electrons. The Morgan fingerprint density at radius 3 is 2.54 bits per heavy atom. The standard InChI is InChI=1S/C25H31N5O7/c1-4-9-27-24(34)18-11-28-21(15(18)3)22(26)30(25(35)37-13-36-20(32)12-31)19-10-16(6-5-14(19)2)23(33)29-17-7-8-17/h5-6,10-11,17,26,28,31H,4,7-9,12-13H2,1-3H3,(H,27,34)(H,29,33). The predicted molar refractivity (Wildman–Crippen MR) is 134 cm³/mol. The highest BCUT2D eigenvalue weighted by atomic mass is 16.7. The zero-order valence-corrected chi connectivity index (χ0v) is 21.0. The molecule has 3 amide bonds. The Morgan fingerprint density at radius 1 is 1.16 bits per heavy atom. The highest BCUT2D eigenvalue weighted by Gasteiger charge is 2.30. The van der Waals surface area contributed by atoms with E-state index in [2.05, 4.69) is 20.4 Å². The van der Waals surface area contributed by atoms with Crippen LogP contribution in [-0.4, -0.2) is 65.8 Å². The number of carbonyl (C=O) groups excluding carboxylic acids is 4. The van der Waals surface area contributed by atoms with E-state index in [1.165, 1.54) is 12.3 Å². The molecule has 5 N–H and O–H groups in total. The second kappa shape index (κ2) is 12.2. The van der Waals surface area contributed by atoms with Crippen molar-refractivity contribution in [2.75, 3.05) is 24.8 Å². The number of amidine groups is 1. The van der Waals surface area contributed by atoms with Crippen LogP contribution in [0.15, 0.2) is 24.4 Å². The monoisotopic (exact) mass is 513 g/mol. The van der Waals surface area contributed by atoms with Gasteiger partial charge in [-0.15, -0.1) is 0 Å². The third-order valence-electron chi connectivity index (χ3n) is 5.72. The van der Waals surface area contributed by atoms with Gasteiger partial charge in [0.05, 0.1) is 16.9 Å². The molecule has 0 atom stereocenters. The average molecular weight is 514 g/mol. The Balaban J connectivity index is 1.96. The largest absolute Gasteiger partial charge is 0.426 e. The number of amides is 3. The molecule has 12 nitrogen and oxygen atoms in total. The maximum absolute atomic E-state index is 13.2. The molecule has 0 bridgehead atoms. The van der Waals surface area contributed by atoms with E-state index < -0.39 is 25.5 Å². The number of nitrogens with zero attached hydrogens (tertiary/aromatic N) is 1. The minimum atomic E-state index is -1.07. The summed E-state index contributed by atoms with van der Waals surface area (Å²) in [6, 6.07) is 4.84. The van der Waals surface area contributed by atoms with Gasteiger partial charge in [0.1, 0.15) is 6.61 Å². The van der Waals surface area contributed by atoms with Crippen LogP contribution in [0, 0.1) is 19.3 Å². The van der Waals surface area contributed by atoms with Crippen molar-refractivity contribution in [3.63, 3.8) is 0 Å². The van der Waals surface area contributed by atoms with Crippen LogP contribution in [0.2, 0.25) is 0 Å². The molecule has 3 rings (SSSR count). The molecule has 1 aliphatic carbocycles. The van der Waals surface area contributed by atoms with Gasteiger partial charge in [0, 0.05) is 24.3 Å². The number of hydrogen-bond donors (Lipinski definition) is 5. The number of aromatic nitrogens is 1. The molecule has 1 aromatic heterocycles. The van der Waals surface area contributed by atoms with Crippen LogP contribution in [0.3, 0.4) is 0 Å². The number of H-pyrrole nitrogens is 1. The molecule has 1 saturated carbocycles. The fraction of sp³-hybridized carbons (Fsp3) is 0.400. The third-order valence-corrected chi connectivity index (χ3v) is 5.72. The Kier molecular flexibility index (Phi) is 9.01. The molecule has 1 aliphatic rings. The number of aliphatic hydroxyl groups is 1. The Labute approximate surface area is 213 Å². The molecule has 0 saturated heterocycles. The number of aryl methyl sites for hydroxylation is 1. The number of aliphatic hydroxyl groups excluding tert-OH is 1. The summed E-state index contributed by atoms with van der Waals surface area (Å²) in [4.78, 5) is 53.4. The summed E-state index contributed by atoms with van der Waals surface area (Å²) in [6.45, 7) is 4.06. The second-order valence-corrected chi connectivity index (χ2v) is 8.59. The van der Waals surface area contributed by atoms with Crippen LogP contribution in [0.25, 0.3) is 0 Å². The first kappa shape index (κ1) is 27.4. The SMILES string of the molecule is CCCNC(=O)c1c[nH]c(C(=N)N(C(=O)OCOC(=O)CO)c2cc(C(=O)NC3CC3)ccc2C)c1C. The lowest BCUT2D eigenvalue weighted by Gasteiger charge is -2.24. The van der Waals surface area contributed by atoms with E-state index in [0.717, 1.165) is 24.2 Å². The fourth-order valence-electron chi connectivity index (χ4n) is 3.48. The zero-order valence-electron chi connectivity index (χ0n) is 21.0. The molecule has 1 heterocycles. The van der Waals surface area contributed by atoms with Gasteiger partial charge in [0.2, 0.25) is 6.79 Å². The summed E-state index contributed by atoms with van der Waals surface area (Å²) in [7, 11) is 0. The number of ether oxygens (including phenoxy) is 2. The molecule has 0 unspecified atom stereocenters. The van der Waals surface area contributed by atoms with Crippen LogP contribution >= 0.6 is 0 Å². The fourth-order valence-corrected chi connectivity index (χ4v) is 3.48. The highest BCUT2D eigenvalue weighted by molar-refractivity contribution is 6.21. The number of esters is 1. The molecule has 37 heavy (non-hydrogen) atoms. The second-order valence-electron chi connectivity index (χ2n) is 8.59. The summed E-state index contributed by atoms with van der Waals surface area (Å²) >= 11 is 0. The zero-order chi connectivity index (χ0) is 27.1. The van der Waals surface area contributed by atoms with E-state index in [1.807, 2.05) is 6.92 Å². The van der Waals surface area contributed by atoms with Gasteiger partial charge in [-0.2, -0.15) is 0 Å². The summed E-state index contributed by atoms with van der Waals surface area (Å²) in [5.41, 5.74) is 1.96. The van der Waals surface area contributed by atoms with Crippen LogP contribution < -0.4 is 15.5 Å². The third kappa shape index (κ3) is 6.73. The van der Waals surface area contributed by atoms with Crippen LogP contribution in [0.5, 0.6) is 0 Å². The van der Waals surface area contributed by atoms with E-state index in [-0.39, 0.29) is 40.6 Å². The van der Waals surface area contributed by atoms with Crippen molar-refractivity contribution in [1.82, 2.24) is 15.6 Å². The van der Waals surface area contributed by atoms with Crippen molar-refractivity contribution in [2.45, 2.75) is 46.1 Å². The maximum atomic E-state index is 13.2. The highest BCUT2D eigenvalue weighted by Crippen LogP contribution is 2.27. The van der Waals surface area contributed by atoms with Gasteiger partial charge in [0.25, 0.3) is 11.8 Å². The van der Waals surface area contributed by atoms with Crippen molar-refractivity contribution in [3.05, 3.63) is 52.3 Å². The van der Waals surface area contributed by atoms with Crippen molar-refractivity contribution in [2.24, 2.45) is 0 Å². The first-order valence-corrected chi connectivity index (χ1v) is 11.9. The topological polar surface area (TPSA) is 174 Å². The number of anilines is 1. The smallest absolute Gasteiger partial charge is 0.423 e. The number of hydrogen-bond acceptors (Lipinski definition) is 8. The molecular formula is C25H31N5O7. The van der Waals surface area contributed by atoms with E-state index in [1.54, 1.807) is 26.0 Å². The normalized spacial score (nSPS) is 12.4. The van der Waals surface area contributed by atoms with Gasteiger partial charge in [-0.05, 0) is 56.4 Å². The van der Waals surface area contributed by atoms with Gasteiger partial charge < -0.3 is 30.2 Å². The van der Waals surface area contributed by atoms with Gasteiger partial charge in [0.15, 0.2) is 5.84 Å². The Bertz CT molecular complexity index is 1200. The van der Waals surface area contributed by atoms with E-state index in [9.17, 15) is 19.2 Å². The molecule has 0 aliphatic heterocycles. The first-order valence-electron chi connectivity index (χ1n) is 11.9. The van der Waals surface area contributed by atoms with Gasteiger partial charge in [-0.1, -0.05) is 13.0 Å². The van der Waals surface area contributed by atoms with Crippen LogP contribution in [0.4, 0.5) is 10.5 Å². The quantitative estimate of drug-likeness (QED) is 0.140. The predicted octanol–water partition coefficient (Wildman–Crippen LogP) is 2.13.